The molecule has 0 radical (unpaired) electrons. The number of carbonyl (C=O) groups excluding carboxylic acids is 2. The molecule has 0 bridgehead atoms. The van der Waals surface area contributed by atoms with E-state index in [0.717, 1.165) is 50.1 Å². The fraction of sp³-hybridized carbons (Fsp3) is 0.375. The first-order chi connectivity index (χ1) is 20.7. The van der Waals surface area contributed by atoms with Crippen LogP contribution < -0.4 is 26.0 Å². The molecule has 0 aliphatic heterocycles. The zero-order valence-corrected chi connectivity index (χ0v) is 25.3. The van der Waals surface area contributed by atoms with Crippen molar-refractivity contribution >= 4 is 45.9 Å². The summed E-state index contributed by atoms with van der Waals surface area (Å²) in [5, 5.41) is 6.52. The van der Waals surface area contributed by atoms with Crippen LogP contribution in [0, 0.1) is 6.92 Å². The number of likely N-dealkylation sites (N-methyl/N-ethyl adjacent to an activating group) is 2. The summed E-state index contributed by atoms with van der Waals surface area (Å²) < 4.78 is 1.71. The fourth-order valence-corrected chi connectivity index (χ4v) is 5.68. The normalized spacial score (nSPS) is 13.2. The highest BCUT2D eigenvalue weighted by Gasteiger charge is 2.26. The van der Waals surface area contributed by atoms with Crippen molar-refractivity contribution < 1.29 is 9.59 Å². The Hall–Kier alpha value is -4.80. The van der Waals surface area contributed by atoms with Gasteiger partial charge in [-0.1, -0.05) is 12.8 Å². The zero-order chi connectivity index (χ0) is 30.7. The topological polar surface area (TPSA) is 125 Å². The minimum Gasteiger partial charge on any atom is -0.373 e. The first kappa shape index (κ1) is 29.7. The first-order valence-electron chi connectivity index (χ1n) is 14.6. The van der Waals surface area contributed by atoms with Crippen LogP contribution in [0.2, 0.25) is 0 Å². The van der Waals surface area contributed by atoms with E-state index in [0.29, 0.717) is 33.9 Å². The molecule has 5 rings (SSSR count). The number of nitrogens with one attached hydrogen (secondary N) is 2. The van der Waals surface area contributed by atoms with Gasteiger partial charge in [-0.3, -0.25) is 19.0 Å². The Morgan fingerprint density at radius 2 is 1.60 bits per heavy atom. The molecule has 11 nitrogen and oxygen atoms in total. The second-order valence-electron chi connectivity index (χ2n) is 11.1. The highest BCUT2D eigenvalue weighted by atomic mass is 16.2. The molecule has 224 valence electrons. The summed E-state index contributed by atoms with van der Waals surface area (Å²) in [6.07, 6.45) is 7.34. The maximum Gasteiger partial charge on any atom is 0.263 e. The zero-order valence-electron chi connectivity index (χ0n) is 25.3. The van der Waals surface area contributed by atoms with Crippen molar-refractivity contribution in [3.63, 3.8) is 0 Å². The molecule has 1 amide bonds. The van der Waals surface area contributed by atoms with Crippen LogP contribution in [0.1, 0.15) is 64.9 Å². The van der Waals surface area contributed by atoms with Gasteiger partial charge in [-0.25, -0.2) is 9.97 Å². The lowest BCUT2D eigenvalue weighted by molar-refractivity contribution is 0.0961. The number of hydrogen-bond donors (Lipinski definition) is 2. The van der Waals surface area contributed by atoms with Gasteiger partial charge in [-0.15, -0.1) is 0 Å². The van der Waals surface area contributed by atoms with Crippen LogP contribution >= 0.6 is 0 Å². The maximum atomic E-state index is 13.5. The van der Waals surface area contributed by atoms with Gasteiger partial charge in [0, 0.05) is 63.1 Å². The van der Waals surface area contributed by atoms with Crippen molar-refractivity contribution in [2.75, 3.05) is 49.3 Å². The maximum absolute atomic E-state index is 13.5. The third-order valence-corrected chi connectivity index (χ3v) is 8.25. The Kier molecular flexibility index (Phi) is 8.70. The molecule has 1 aromatic carbocycles. The van der Waals surface area contributed by atoms with Crippen molar-refractivity contribution in [1.82, 2.24) is 24.8 Å². The van der Waals surface area contributed by atoms with E-state index in [1.807, 2.05) is 50.5 Å². The number of rotatable bonds is 10. The SMILES string of the molecule is CNC(=O)c1ccc(N(C)CCN(C)c2ccc(Nc3ncc4c(C)c(C(C)=O)c(=O)n(C5CCCC5)c4n3)nc2)cc1. The van der Waals surface area contributed by atoms with E-state index >= 15 is 0 Å². The molecule has 2 N–H and O–H groups in total. The Labute approximate surface area is 251 Å². The van der Waals surface area contributed by atoms with E-state index in [2.05, 4.69) is 30.4 Å². The lowest BCUT2D eigenvalue weighted by Gasteiger charge is -2.25. The fourth-order valence-electron chi connectivity index (χ4n) is 5.68. The molecular formula is C32H38N8O3. The number of aryl methyl sites for hydroxylation is 1. The number of benzene rings is 1. The molecule has 1 aliphatic rings. The molecule has 3 heterocycles. The quantitative estimate of drug-likeness (QED) is 0.260. The number of amides is 1. The molecular weight excluding hydrogens is 544 g/mol. The monoisotopic (exact) mass is 582 g/mol. The third-order valence-electron chi connectivity index (χ3n) is 8.25. The predicted octanol–water partition coefficient (Wildman–Crippen LogP) is 4.49. The first-order valence-corrected chi connectivity index (χ1v) is 14.6. The lowest BCUT2D eigenvalue weighted by atomic mass is 10.0. The number of Topliss-reactive ketones (excluding diaryl/α,β-unsaturated/α-hetero) is 1. The van der Waals surface area contributed by atoms with Crippen LogP contribution in [0.3, 0.4) is 0 Å². The van der Waals surface area contributed by atoms with E-state index in [4.69, 9.17) is 4.98 Å². The van der Waals surface area contributed by atoms with Crippen LogP contribution in [0.15, 0.2) is 53.6 Å². The van der Waals surface area contributed by atoms with Gasteiger partial charge in [0.05, 0.1) is 17.4 Å². The summed E-state index contributed by atoms with van der Waals surface area (Å²) in [5.41, 5.74) is 3.72. The Morgan fingerprint density at radius 1 is 0.953 bits per heavy atom. The molecule has 1 fully saturated rings. The molecule has 1 aliphatic carbocycles. The Bertz CT molecular complexity index is 1690. The van der Waals surface area contributed by atoms with Crippen molar-refractivity contribution in [2.45, 2.75) is 45.6 Å². The second-order valence-corrected chi connectivity index (χ2v) is 11.1. The average molecular weight is 583 g/mol. The Balaban J connectivity index is 1.29. The largest absolute Gasteiger partial charge is 0.373 e. The van der Waals surface area contributed by atoms with Gasteiger partial charge in [0.15, 0.2) is 5.78 Å². The van der Waals surface area contributed by atoms with E-state index in [1.165, 1.54) is 6.92 Å². The standard InChI is InChI=1S/C32H38N8O3/c1-20-26-19-35-32(37-29(26)40(24-8-6-7-9-24)31(43)28(20)21(2)41)36-27-15-14-25(18-34-27)39(5)17-16-38(4)23-12-10-22(11-13-23)30(42)33-3/h10-15,18-19,24H,6-9,16-17H2,1-5H3,(H,33,42)(H,34,35,36,37). The molecule has 0 atom stereocenters. The number of aromatic nitrogens is 4. The van der Waals surface area contributed by atoms with Crippen molar-refractivity contribution in [3.8, 4) is 0 Å². The van der Waals surface area contributed by atoms with E-state index < -0.39 is 0 Å². The van der Waals surface area contributed by atoms with E-state index in [1.54, 1.807) is 30.9 Å². The van der Waals surface area contributed by atoms with Crippen LogP contribution in [0.25, 0.3) is 11.0 Å². The van der Waals surface area contributed by atoms with E-state index in [-0.39, 0.29) is 28.9 Å². The molecule has 43 heavy (non-hydrogen) atoms. The summed E-state index contributed by atoms with van der Waals surface area (Å²) in [6.45, 7) is 4.75. The van der Waals surface area contributed by atoms with Crippen molar-refractivity contribution in [1.29, 1.82) is 0 Å². The number of fused-ring (bicyclic) bond motifs is 1. The van der Waals surface area contributed by atoms with Crippen molar-refractivity contribution in [2.24, 2.45) is 0 Å². The minimum absolute atomic E-state index is 0.0189. The smallest absolute Gasteiger partial charge is 0.263 e. The van der Waals surface area contributed by atoms with Gasteiger partial charge in [0.1, 0.15) is 11.5 Å². The summed E-state index contributed by atoms with van der Waals surface area (Å²) >= 11 is 0. The molecule has 4 aromatic rings. The average Bonchev–Trinajstić information content (AvgIpc) is 3.54. The number of ketones is 1. The van der Waals surface area contributed by atoms with Gasteiger partial charge in [-0.05, 0) is 68.7 Å². The number of carbonyl (C=O) groups is 2. The molecule has 3 aromatic heterocycles. The molecule has 0 unspecified atom stereocenters. The van der Waals surface area contributed by atoms with Crippen LogP contribution in [0.5, 0.6) is 0 Å². The summed E-state index contributed by atoms with van der Waals surface area (Å²) in [6, 6.07) is 11.4. The van der Waals surface area contributed by atoms with Gasteiger partial charge < -0.3 is 20.4 Å². The number of nitrogens with zero attached hydrogens (tertiary/aromatic N) is 6. The highest BCUT2D eigenvalue weighted by molar-refractivity contribution is 5.99. The summed E-state index contributed by atoms with van der Waals surface area (Å²) in [7, 11) is 5.65. The highest BCUT2D eigenvalue weighted by Crippen LogP contribution is 2.32. The number of pyridine rings is 2. The van der Waals surface area contributed by atoms with Gasteiger partial charge >= 0.3 is 0 Å². The van der Waals surface area contributed by atoms with Crippen LogP contribution in [-0.4, -0.2) is 65.4 Å². The van der Waals surface area contributed by atoms with Gasteiger partial charge in [-0.2, -0.15) is 4.98 Å². The molecule has 0 saturated heterocycles. The molecule has 11 heteroatoms. The number of hydrogen-bond acceptors (Lipinski definition) is 9. The van der Waals surface area contributed by atoms with Crippen LogP contribution in [-0.2, 0) is 0 Å². The predicted molar refractivity (Wildman–Crippen MR) is 170 cm³/mol. The summed E-state index contributed by atoms with van der Waals surface area (Å²) in [4.78, 5) is 55.7. The van der Waals surface area contributed by atoms with E-state index in [9.17, 15) is 14.4 Å². The number of anilines is 4. The van der Waals surface area contributed by atoms with Crippen LogP contribution in [0.4, 0.5) is 23.1 Å². The Morgan fingerprint density at radius 3 is 2.21 bits per heavy atom. The van der Waals surface area contributed by atoms with Gasteiger partial charge in [0.2, 0.25) is 5.95 Å². The molecule has 0 spiro atoms. The summed E-state index contributed by atoms with van der Waals surface area (Å²) in [5.74, 6) is 0.577. The lowest BCUT2D eigenvalue weighted by Crippen LogP contribution is -2.30. The third kappa shape index (κ3) is 6.20. The van der Waals surface area contributed by atoms with Gasteiger partial charge in [0.25, 0.3) is 11.5 Å². The minimum atomic E-state index is -0.272. The van der Waals surface area contributed by atoms with Crippen molar-refractivity contribution in [3.05, 3.63) is 75.8 Å². The second kappa shape index (κ2) is 12.6. The molecule has 1 saturated carbocycles.